The summed E-state index contributed by atoms with van der Waals surface area (Å²) in [4.78, 5) is 72.5. The highest BCUT2D eigenvalue weighted by molar-refractivity contribution is 6.39. The molecular weight excluding hydrogens is 947 g/mol. The van der Waals surface area contributed by atoms with Gasteiger partial charge in [-0.3, -0.25) is 19.2 Å². The summed E-state index contributed by atoms with van der Waals surface area (Å²) in [6.07, 6.45) is 17.5. The molecule has 0 aromatic carbocycles. The van der Waals surface area contributed by atoms with Gasteiger partial charge in [0.05, 0.1) is 30.5 Å². The Kier molecular flexibility index (Phi) is 25.3. The molecule has 4 fully saturated rings. The Morgan fingerprint density at radius 1 is 0.811 bits per heavy atom. The zero-order chi connectivity index (χ0) is 54.0. The molecule has 1 aliphatic carbocycles. The molecule has 2 bridgehead atoms. The van der Waals surface area contributed by atoms with Crippen LogP contribution in [0.25, 0.3) is 0 Å². The molecule has 5 aliphatic rings. The van der Waals surface area contributed by atoms with E-state index in [2.05, 4.69) is 0 Å². The summed E-state index contributed by atoms with van der Waals surface area (Å²) in [5, 5.41) is 32.8. The van der Waals surface area contributed by atoms with E-state index in [1.54, 1.807) is 34.0 Å². The number of aliphatic hydroxyl groups is 3. The van der Waals surface area contributed by atoms with Gasteiger partial charge in [-0.15, -0.1) is 0 Å². The Bertz CT molecular complexity index is 1940. The van der Waals surface area contributed by atoms with Crippen molar-refractivity contribution < 1.29 is 67.7 Å². The third-order valence-corrected chi connectivity index (χ3v) is 16.7. The first-order valence-electron chi connectivity index (χ1n) is 28.2. The highest BCUT2D eigenvalue weighted by atomic mass is 16.6. The summed E-state index contributed by atoms with van der Waals surface area (Å²) in [5.41, 5.74) is 1.43. The third-order valence-electron chi connectivity index (χ3n) is 16.7. The van der Waals surface area contributed by atoms with Crippen molar-refractivity contribution in [1.82, 2.24) is 4.90 Å². The average Bonchev–Trinajstić information content (AvgIpc) is 3.38. The van der Waals surface area contributed by atoms with E-state index in [4.69, 9.17) is 28.4 Å². The van der Waals surface area contributed by atoms with Gasteiger partial charge in [-0.2, -0.15) is 0 Å². The van der Waals surface area contributed by atoms with Crippen LogP contribution in [-0.4, -0.2) is 145 Å². The zero-order valence-corrected chi connectivity index (χ0v) is 46.1. The summed E-state index contributed by atoms with van der Waals surface area (Å²) in [5.74, 6) is -6.88. The van der Waals surface area contributed by atoms with Gasteiger partial charge in [0.25, 0.3) is 11.7 Å². The number of hydrogen-bond acceptors (Lipinski definition) is 14. The lowest BCUT2D eigenvalue weighted by molar-refractivity contribution is -0.266. The molecule has 15 nitrogen and oxygen atoms in total. The minimum Gasteiger partial charge on any atom is -0.460 e. The normalized spacial score (nSPS) is 37.4. The molecule has 1 saturated carbocycles. The summed E-state index contributed by atoms with van der Waals surface area (Å²) in [7, 11) is 1.66. The molecule has 1 unspecified atom stereocenters. The van der Waals surface area contributed by atoms with Gasteiger partial charge >= 0.3 is 5.97 Å². The first kappa shape index (κ1) is 61.4. The van der Waals surface area contributed by atoms with Crippen LogP contribution in [0.5, 0.6) is 0 Å². The number of ether oxygens (including phenoxy) is 6. The second-order valence-electron chi connectivity index (χ2n) is 22.7. The number of piperidine rings is 1. The summed E-state index contributed by atoms with van der Waals surface area (Å²) < 4.78 is 36.8. The number of ketones is 3. The van der Waals surface area contributed by atoms with E-state index < -0.39 is 65.7 Å². The number of methoxy groups -OCH3 is 1. The number of carbonyl (C=O) groups excluding carboxylic acids is 5. The molecule has 1 amide bonds. The maximum atomic E-state index is 14.6. The van der Waals surface area contributed by atoms with Crippen LogP contribution in [0.15, 0.2) is 47.6 Å². The van der Waals surface area contributed by atoms with E-state index in [1.165, 1.54) is 4.90 Å². The van der Waals surface area contributed by atoms with Crippen LogP contribution >= 0.6 is 0 Å². The molecule has 3 N–H and O–H groups in total. The fourth-order valence-corrected chi connectivity index (χ4v) is 11.6. The van der Waals surface area contributed by atoms with Crippen molar-refractivity contribution in [3.05, 3.63) is 47.6 Å². The van der Waals surface area contributed by atoms with Gasteiger partial charge in [0.2, 0.25) is 5.79 Å². The molecule has 5 rings (SSSR count). The number of carbonyl (C=O) groups is 5. The van der Waals surface area contributed by atoms with Crippen molar-refractivity contribution in [2.45, 2.75) is 206 Å². The predicted molar refractivity (Wildman–Crippen MR) is 281 cm³/mol. The third kappa shape index (κ3) is 18.1. The maximum Gasteiger partial charge on any atom is 0.329 e. The molecule has 4 aliphatic heterocycles. The SMILES string of the molecule is CO[C@@H]1C[C@H](C[C@@H](C)[C@@H]2CC(=O)[C@H](C)/C=C(\C)[C@@H](O)CC(=O)[C@H](C)C[C@H](C)/C=C/C=C/C=C(\C)C(OCCC3CCOCC3)C[C@@H]3CC[C@@H](C)[C@@](O)(O3)C(=O)C(=O)N3CCCC[C@H]3C(=O)O2)CC[C@H]1OCCCO. The molecule has 0 aromatic heterocycles. The number of esters is 1. The number of nitrogens with zero attached hydrogens (tertiary/aromatic N) is 1. The highest BCUT2D eigenvalue weighted by Gasteiger charge is 2.53. The molecule has 0 aromatic rings. The number of Topliss-reactive ketones (excluding diaryl/α,β-unsaturated/α-hetero) is 3. The minimum absolute atomic E-state index is 0.0401. The van der Waals surface area contributed by atoms with Crippen LogP contribution in [0.2, 0.25) is 0 Å². The Balaban J connectivity index is 1.43. The summed E-state index contributed by atoms with van der Waals surface area (Å²) in [6.45, 7) is 15.6. The van der Waals surface area contributed by atoms with E-state index in [0.717, 1.165) is 50.9 Å². The molecule has 0 radical (unpaired) electrons. The Morgan fingerprint density at radius 3 is 2.30 bits per heavy atom. The van der Waals surface area contributed by atoms with E-state index in [0.29, 0.717) is 82.5 Å². The van der Waals surface area contributed by atoms with E-state index in [9.17, 15) is 39.3 Å². The monoisotopic (exact) mass is 1040 g/mol. The molecule has 4 heterocycles. The number of cyclic esters (lactones) is 1. The van der Waals surface area contributed by atoms with Crippen LogP contribution in [-0.2, 0) is 52.4 Å². The first-order chi connectivity index (χ1) is 35.3. The van der Waals surface area contributed by atoms with Crippen LogP contribution in [0, 0.1) is 41.4 Å². The van der Waals surface area contributed by atoms with Crippen molar-refractivity contribution in [3.8, 4) is 0 Å². The van der Waals surface area contributed by atoms with Crippen molar-refractivity contribution in [2.24, 2.45) is 41.4 Å². The van der Waals surface area contributed by atoms with Gasteiger partial charge in [-0.05, 0) is 139 Å². The van der Waals surface area contributed by atoms with Crippen LogP contribution in [0.3, 0.4) is 0 Å². The minimum atomic E-state index is -2.44. The van der Waals surface area contributed by atoms with Crippen molar-refractivity contribution in [3.63, 3.8) is 0 Å². The quantitative estimate of drug-likeness (QED) is 0.0731. The maximum absolute atomic E-state index is 14.6. The largest absolute Gasteiger partial charge is 0.460 e. The molecular formula is C59H93NO14. The van der Waals surface area contributed by atoms with Crippen LogP contribution in [0.1, 0.15) is 158 Å². The fourth-order valence-electron chi connectivity index (χ4n) is 11.6. The van der Waals surface area contributed by atoms with Crippen molar-refractivity contribution >= 4 is 29.2 Å². The average molecular weight is 1040 g/mol. The summed E-state index contributed by atoms with van der Waals surface area (Å²) in [6, 6.07) is -1.13. The number of aliphatic hydroxyl groups excluding tert-OH is 2. The molecule has 15 heteroatoms. The van der Waals surface area contributed by atoms with Gasteiger partial charge in [0.15, 0.2) is 0 Å². The molecule has 418 valence electrons. The topological polar surface area (TPSA) is 205 Å². The van der Waals surface area contributed by atoms with E-state index >= 15 is 0 Å². The molecule has 14 atom stereocenters. The second-order valence-corrected chi connectivity index (χ2v) is 22.7. The number of hydrogen-bond donors (Lipinski definition) is 3. The van der Waals surface area contributed by atoms with Gasteiger partial charge in [-0.25, -0.2) is 4.79 Å². The van der Waals surface area contributed by atoms with Crippen molar-refractivity contribution in [1.29, 1.82) is 0 Å². The van der Waals surface area contributed by atoms with Crippen LogP contribution in [0.4, 0.5) is 0 Å². The van der Waals surface area contributed by atoms with Gasteiger partial charge in [0, 0.05) is 83.7 Å². The van der Waals surface area contributed by atoms with E-state index in [1.807, 2.05) is 58.1 Å². The Labute approximate surface area is 442 Å². The van der Waals surface area contributed by atoms with Crippen LogP contribution < -0.4 is 0 Å². The summed E-state index contributed by atoms with van der Waals surface area (Å²) >= 11 is 0. The number of rotatable bonds is 12. The Hall–Kier alpha value is -3.41. The first-order valence-corrected chi connectivity index (χ1v) is 28.2. The van der Waals surface area contributed by atoms with Gasteiger partial charge in [-0.1, -0.05) is 71.1 Å². The standard InChI is InChI=1S/C59H93NO14/c1-38-15-10-9-11-16-39(2)53(72-30-24-45-22-28-70-29-23-45)35-47-20-18-44(7)59(68,74-47)56(65)57(66)60-25-13-12-17-48(60)58(67)73-54(37-51(64)42(5)32-41(4)50(63)36-49(62)40(3)31-38)43(6)33-46-19-21-52(55(34-46)69-8)71-27-14-26-61/h9-11,15-16,32,38,40,42-48,50,52-55,61,63,68H,12-14,17-31,33-37H2,1-8H3/b11-9+,15-10+,39-16+,41-32+/t38-,40-,42-,43-,44-,46+,47+,48+,50+,52-,53?,54+,55-,59-/m1/s1. The molecule has 3 saturated heterocycles. The van der Waals surface area contributed by atoms with E-state index in [-0.39, 0.29) is 79.9 Å². The zero-order valence-electron chi connectivity index (χ0n) is 46.1. The lowest BCUT2D eigenvalue weighted by Crippen LogP contribution is -2.61. The van der Waals surface area contributed by atoms with Gasteiger partial charge in [0.1, 0.15) is 23.7 Å². The lowest BCUT2D eigenvalue weighted by atomic mass is 9.78. The molecule has 74 heavy (non-hydrogen) atoms. The highest BCUT2D eigenvalue weighted by Crippen LogP contribution is 2.38. The fraction of sp³-hybridized carbons (Fsp3) is 0.780. The van der Waals surface area contributed by atoms with Crippen molar-refractivity contribution in [2.75, 3.05) is 46.7 Å². The lowest BCUT2D eigenvalue weighted by Gasteiger charge is -2.43. The predicted octanol–water partition coefficient (Wildman–Crippen LogP) is 8.15. The smallest absolute Gasteiger partial charge is 0.329 e. The number of allylic oxidation sites excluding steroid dienone is 6. The second kappa shape index (κ2) is 30.5. The van der Waals surface area contributed by atoms with Gasteiger partial charge < -0.3 is 48.6 Å². The Morgan fingerprint density at radius 2 is 1.57 bits per heavy atom. The molecule has 0 spiro atoms. The number of fused-ring (bicyclic) bond motifs is 3. The number of amides is 1.